The molecule has 0 aromatic carbocycles. The molecule has 0 saturated carbocycles. The summed E-state index contributed by atoms with van der Waals surface area (Å²) in [5.41, 5.74) is 3.54. The van der Waals surface area contributed by atoms with Crippen molar-refractivity contribution in [2.45, 2.75) is 19.8 Å². The van der Waals surface area contributed by atoms with E-state index in [1.807, 2.05) is 0 Å². The first-order chi connectivity index (χ1) is 4.22. The maximum atomic E-state index is 2.21. The maximum Gasteiger partial charge on any atom is 0.224 e. The highest BCUT2D eigenvalue weighted by Gasteiger charge is 2.10. The first-order valence-electron chi connectivity index (χ1n) is 3.13. The Morgan fingerprint density at radius 3 is 2.44 bits per heavy atom. The number of hydrogen-bond donors (Lipinski definition) is 0. The van der Waals surface area contributed by atoms with Gasteiger partial charge in [0.15, 0.2) is 5.69 Å². The van der Waals surface area contributed by atoms with Crippen LogP contribution in [-0.4, -0.2) is 0 Å². The predicted molar refractivity (Wildman–Crippen MR) is 39.6 cm³/mol. The van der Waals surface area contributed by atoms with Gasteiger partial charge < -0.3 is 0 Å². The predicted octanol–water partition coefficient (Wildman–Crippen LogP) is 1.70. The number of nitrogens with zero attached hydrogens (tertiary/aromatic N) is 1. The average molecular weight is 142 g/mol. The number of aromatic nitrogens is 1. The lowest BCUT2D eigenvalue weighted by molar-refractivity contribution is -0.675. The van der Waals surface area contributed by atoms with Gasteiger partial charge in [-0.1, -0.05) is 25.2 Å². The van der Waals surface area contributed by atoms with Gasteiger partial charge in [0.2, 0.25) is 5.51 Å². The van der Waals surface area contributed by atoms with Gasteiger partial charge in [0.25, 0.3) is 0 Å². The minimum atomic E-state index is 0.654. The summed E-state index contributed by atoms with van der Waals surface area (Å²) in [5.74, 6) is 0.654. The van der Waals surface area contributed by atoms with Crippen molar-refractivity contribution in [2.24, 2.45) is 7.05 Å². The van der Waals surface area contributed by atoms with Gasteiger partial charge in [0, 0.05) is 5.92 Å². The number of hydrogen-bond acceptors (Lipinski definition) is 1. The topological polar surface area (TPSA) is 3.88 Å². The van der Waals surface area contributed by atoms with E-state index in [-0.39, 0.29) is 0 Å². The lowest BCUT2D eigenvalue weighted by Crippen LogP contribution is -2.30. The van der Waals surface area contributed by atoms with Crippen LogP contribution in [0.2, 0.25) is 0 Å². The minimum absolute atomic E-state index is 0.654. The second-order valence-electron chi connectivity index (χ2n) is 2.55. The summed E-state index contributed by atoms with van der Waals surface area (Å²) in [7, 11) is 2.09. The molecular formula is C7H12NS+. The van der Waals surface area contributed by atoms with Gasteiger partial charge in [-0.3, -0.25) is 0 Å². The summed E-state index contributed by atoms with van der Waals surface area (Å²) in [6, 6.07) is 0. The first kappa shape index (κ1) is 6.75. The van der Waals surface area contributed by atoms with Crippen molar-refractivity contribution in [1.82, 2.24) is 0 Å². The van der Waals surface area contributed by atoms with E-state index in [0.29, 0.717) is 5.92 Å². The van der Waals surface area contributed by atoms with Crippen molar-refractivity contribution >= 4 is 11.3 Å². The summed E-state index contributed by atoms with van der Waals surface area (Å²) in [6.45, 7) is 4.42. The summed E-state index contributed by atoms with van der Waals surface area (Å²) < 4.78 is 2.18. The molecule has 50 valence electrons. The van der Waals surface area contributed by atoms with E-state index < -0.39 is 0 Å². The summed E-state index contributed by atoms with van der Waals surface area (Å²) in [6.07, 6.45) is 0. The molecule has 0 aliphatic rings. The molecule has 1 heterocycles. The zero-order valence-electron chi connectivity index (χ0n) is 6.09. The lowest BCUT2D eigenvalue weighted by atomic mass is 10.2. The Kier molecular flexibility index (Phi) is 1.86. The van der Waals surface area contributed by atoms with Gasteiger partial charge >= 0.3 is 0 Å². The van der Waals surface area contributed by atoms with E-state index in [9.17, 15) is 0 Å². The van der Waals surface area contributed by atoms with Gasteiger partial charge in [-0.05, 0) is 0 Å². The highest BCUT2D eigenvalue weighted by molar-refractivity contribution is 7.07. The van der Waals surface area contributed by atoms with Crippen LogP contribution in [0, 0.1) is 0 Å². The highest BCUT2D eigenvalue weighted by Crippen LogP contribution is 2.10. The molecule has 0 aliphatic heterocycles. The van der Waals surface area contributed by atoms with Gasteiger partial charge in [0.1, 0.15) is 7.05 Å². The Hall–Kier alpha value is -0.370. The fraction of sp³-hybridized carbons (Fsp3) is 0.571. The average Bonchev–Trinajstić information content (AvgIpc) is 2.13. The third kappa shape index (κ3) is 1.30. The Morgan fingerprint density at radius 1 is 1.56 bits per heavy atom. The molecule has 0 spiro atoms. The zero-order chi connectivity index (χ0) is 6.85. The van der Waals surface area contributed by atoms with Crippen molar-refractivity contribution in [1.29, 1.82) is 0 Å². The van der Waals surface area contributed by atoms with Crippen molar-refractivity contribution < 1.29 is 4.57 Å². The molecular weight excluding hydrogens is 130 g/mol. The van der Waals surface area contributed by atoms with Crippen molar-refractivity contribution in [3.63, 3.8) is 0 Å². The monoisotopic (exact) mass is 142 g/mol. The highest BCUT2D eigenvalue weighted by atomic mass is 32.1. The Labute approximate surface area is 60.0 Å². The third-order valence-electron chi connectivity index (χ3n) is 1.41. The van der Waals surface area contributed by atoms with Crippen LogP contribution in [0.3, 0.4) is 0 Å². The molecule has 0 N–H and O–H groups in total. The molecule has 1 aromatic heterocycles. The molecule has 9 heavy (non-hydrogen) atoms. The molecule has 0 fully saturated rings. The minimum Gasteiger partial charge on any atom is -0.195 e. The summed E-state index contributed by atoms with van der Waals surface area (Å²) >= 11 is 1.76. The lowest BCUT2D eigenvalue weighted by Gasteiger charge is -1.94. The van der Waals surface area contributed by atoms with Crippen LogP contribution >= 0.6 is 11.3 Å². The van der Waals surface area contributed by atoms with Crippen LogP contribution in [-0.2, 0) is 7.05 Å². The van der Waals surface area contributed by atoms with Crippen LogP contribution in [0.15, 0.2) is 10.9 Å². The molecule has 0 saturated heterocycles. The molecule has 1 nitrogen and oxygen atoms in total. The standard InChI is InChI=1S/C7H12NS/c1-6(2)7-4-9-5-8(7)3/h4-6H,1-3H3/q+1. The van der Waals surface area contributed by atoms with Gasteiger partial charge in [-0.25, -0.2) is 0 Å². The van der Waals surface area contributed by atoms with Crippen molar-refractivity contribution in [2.75, 3.05) is 0 Å². The van der Waals surface area contributed by atoms with E-state index in [1.54, 1.807) is 11.3 Å². The van der Waals surface area contributed by atoms with E-state index in [1.165, 1.54) is 5.69 Å². The molecule has 2 heteroatoms. The molecule has 1 aromatic rings. The largest absolute Gasteiger partial charge is 0.224 e. The van der Waals surface area contributed by atoms with Crippen molar-refractivity contribution in [3.8, 4) is 0 Å². The Morgan fingerprint density at radius 2 is 2.22 bits per heavy atom. The molecule has 0 bridgehead atoms. The Bertz CT molecular complexity index is 191. The zero-order valence-corrected chi connectivity index (χ0v) is 6.90. The number of thiazole rings is 1. The molecule has 0 unspecified atom stereocenters. The smallest absolute Gasteiger partial charge is 0.195 e. The second kappa shape index (κ2) is 2.48. The fourth-order valence-corrected chi connectivity index (χ4v) is 1.82. The molecule has 1 rings (SSSR count). The van der Waals surface area contributed by atoms with Crippen LogP contribution < -0.4 is 4.57 Å². The first-order valence-corrected chi connectivity index (χ1v) is 4.08. The molecule has 0 radical (unpaired) electrons. The van der Waals surface area contributed by atoms with Crippen LogP contribution in [0.25, 0.3) is 0 Å². The molecule has 0 amide bonds. The van der Waals surface area contributed by atoms with Crippen LogP contribution in [0.1, 0.15) is 25.5 Å². The van der Waals surface area contributed by atoms with Gasteiger partial charge in [0.05, 0.1) is 5.38 Å². The maximum absolute atomic E-state index is 2.21. The summed E-state index contributed by atoms with van der Waals surface area (Å²) in [5, 5.41) is 2.20. The normalized spacial score (nSPS) is 10.7. The van der Waals surface area contributed by atoms with E-state index in [2.05, 4.69) is 36.4 Å². The van der Waals surface area contributed by atoms with Crippen LogP contribution in [0.5, 0.6) is 0 Å². The van der Waals surface area contributed by atoms with Crippen LogP contribution in [0.4, 0.5) is 0 Å². The van der Waals surface area contributed by atoms with E-state index in [0.717, 1.165) is 0 Å². The SMILES string of the molecule is CC(C)c1csc[n+]1C. The Balaban J connectivity index is 2.94. The van der Waals surface area contributed by atoms with Gasteiger partial charge in [-0.2, -0.15) is 4.57 Å². The van der Waals surface area contributed by atoms with E-state index >= 15 is 0 Å². The fourth-order valence-electron chi connectivity index (χ4n) is 0.879. The van der Waals surface area contributed by atoms with Crippen molar-refractivity contribution in [3.05, 3.63) is 16.6 Å². The third-order valence-corrected chi connectivity index (χ3v) is 2.22. The quantitative estimate of drug-likeness (QED) is 0.525. The number of aryl methyl sites for hydroxylation is 1. The van der Waals surface area contributed by atoms with Gasteiger partial charge in [-0.15, -0.1) is 0 Å². The van der Waals surface area contributed by atoms with E-state index in [4.69, 9.17) is 0 Å². The number of rotatable bonds is 1. The molecule has 0 aliphatic carbocycles. The summed E-state index contributed by atoms with van der Waals surface area (Å²) in [4.78, 5) is 0. The molecule has 0 atom stereocenters. The second-order valence-corrected chi connectivity index (χ2v) is 3.27.